The Kier molecular flexibility index (Phi) is 5.30. The summed E-state index contributed by atoms with van der Waals surface area (Å²) < 4.78 is 54.3. The molecule has 2 N–H and O–H groups in total. The molecule has 38 heavy (non-hydrogen) atoms. The van der Waals surface area contributed by atoms with E-state index in [0.29, 0.717) is 16.8 Å². The number of oxazole rings is 1. The van der Waals surface area contributed by atoms with Crippen LogP contribution >= 0.6 is 0 Å². The Morgan fingerprint density at radius 1 is 1.11 bits per heavy atom. The lowest BCUT2D eigenvalue weighted by Crippen LogP contribution is -2.32. The van der Waals surface area contributed by atoms with E-state index in [4.69, 9.17) is 9.15 Å². The number of methoxy groups -OCH3 is 1. The second kappa shape index (κ2) is 8.47. The number of aromatic amines is 1. The van der Waals surface area contributed by atoms with Gasteiger partial charge >= 0.3 is 12.1 Å². The summed E-state index contributed by atoms with van der Waals surface area (Å²) in [5.41, 5.74) is -1.63. The lowest BCUT2D eigenvalue weighted by atomic mass is 9.72. The third-order valence-corrected chi connectivity index (χ3v) is 6.84. The minimum atomic E-state index is -4.82. The van der Waals surface area contributed by atoms with Crippen LogP contribution in [0.2, 0.25) is 0 Å². The van der Waals surface area contributed by atoms with Gasteiger partial charge in [-0.15, -0.1) is 0 Å². The highest BCUT2D eigenvalue weighted by Crippen LogP contribution is 2.45. The first-order valence-corrected chi connectivity index (χ1v) is 11.6. The van der Waals surface area contributed by atoms with Gasteiger partial charge in [-0.3, -0.25) is 14.7 Å². The topological polar surface area (TPSA) is 123 Å². The summed E-state index contributed by atoms with van der Waals surface area (Å²) in [6.07, 6.45) is -4.47. The molecule has 1 saturated carbocycles. The maximum atomic E-state index is 14.1. The fourth-order valence-electron chi connectivity index (χ4n) is 4.91. The molecular formula is C26H19F3N4O5. The number of alkyl halides is 3. The average Bonchev–Trinajstić information content (AvgIpc) is 3.45. The number of benzene rings is 2. The summed E-state index contributed by atoms with van der Waals surface area (Å²) >= 11 is 0. The molecule has 1 aliphatic carbocycles. The van der Waals surface area contributed by atoms with E-state index in [1.165, 1.54) is 19.2 Å². The predicted molar refractivity (Wildman–Crippen MR) is 129 cm³/mol. The largest absolute Gasteiger partial charge is 0.494 e. The quantitative estimate of drug-likeness (QED) is 0.328. The van der Waals surface area contributed by atoms with E-state index in [1.54, 1.807) is 36.4 Å². The van der Waals surface area contributed by atoms with E-state index < -0.39 is 35.2 Å². The molecule has 0 atom stereocenters. The van der Waals surface area contributed by atoms with E-state index in [2.05, 4.69) is 15.1 Å². The van der Waals surface area contributed by atoms with Gasteiger partial charge in [0.2, 0.25) is 5.89 Å². The van der Waals surface area contributed by atoms with Crippen molar-refractivity contribution in [2.75, 3.05) is 7.11 Å². The number of nitrogens with one attached hydrogen (secondary N) is 1. The molecule has 1 fully saturated rings. The number of carbonyl (C=O) groups is 1. The van der Waals surface area contributed by atoms with Crippen LogP contribution in [0.25, 0.3) is 39.3 Å². The highest BCUT2D eigenvalue weighted by atomic mass is 19.4. The minimum absolute atomic E-state index is 0.135. The number of rotatable bonds is 5. The molecule has 0 radical (unpaired) electrons. The van der Waals surface area contributed by atoms with Crippen LogP contribution in [0.1, 0.15) is 30.1 Å². The van der Waals surface area contributed by atoms with E-state index >= 15 is 0 Å². The van der Waals surface area contributed by atoms with Crippen LogP contribution in [0.5, 0.6) is 5.75 Å². The van der Waals surface area contributed by atoms with Crippen LogP contribution < -0.4 is 10.3 Å². The molecule has 0 bridgehead atoms. The molecule has 12 heteroatoms. The Bertz CT molecular complexity index is 1770. The second-order valence-corrected chi connectivity index (χ2v) is 9.09. The Morgan fingerprint density at radius 2 is 1.84 bits per heavy atom. The summed E-state index contributed by atoms with van der Waals surface area (Å²) in [4.78, 5) is 34.3. The number of aromatic nitrogens is 4. The van der Waals surface area contributed by atoms with Gasteiger partial charge in [0.25, 0.3) is 5.56 Å². The first kappa shape index (κ1) is 23.8. The summed E-state index contributed by atoms with van der Waals surface area (Å²) in [6.45, 7) is 0. The minimum Gasteiger partial charge on any atom is -0.494 e. The third-order valence-electron chi connectivity index (χ3n) is 6.84. The molecule has 0 unspecified atom stereocenters. The van der Waals surface area contributed by atoms with E-state index in [0.717, 1.165) is 4.52 Å². The molecule has 6 rings (SSSR count). The predicted octanol–water partition coefficient (Wildman–Crippen LogP) is 5.10. The monoisotopic (exact) mass is 524 g/mol. The van der Waals surface area contributed by atoms with Gasteiger partial charge in [-0.2, -0.15) is 17.7 Å². The average molecular weight is 524 g/mol. The number of ether oxygens (including phenoxy) is 1. The summed E-state index contributed by atoms with van der Waals surface area (Å²) in [7, 11) is 1.44. The molecule has 3 aromatic heterocycles. The first-order valence-electron chi connectivity index (χ1n) is 11.6. The van der Waals surface area contributed by atoms with Crippen LogP contribution in [0.4, 0.5) is 13.2 Å². The molecule has 3 heterocycles. The van der Waals surface area contributed by atoms with Crippen molar-refractivity contribution in [3.63, 3.8) is 0 Å². The second-order valence-electron chi connectivity index (χ2n) is 9.09. The number of carboxylic acids is 1. The normalized spacial score (nSPS) is 17.6. The Morgan fingerprint density at radius 3 is 2.50 bits per heavy atom. The van der Waals surface area contributed by atoms with Crippen molar-refractivity contribution < 1.29 is 32.2 Å². The van der Waals surface area contributed by atoms with Crippen LogP contribution in [0.15, 0.2) is 57.7 Å². The van der Waals surface area contributed by atoms with Gasteiger partial charge < -0.3 is 14.3 Å². The van der Waals surface area contributed by atoms with Gasteiger partial charge in [-0.1, -0.05) is 36.4 Å². The zero-order valence-electron chi connectivity index (χ0n) is 19.7. The lowest BCUT2D eigenvalue weighted by molar-refractivity contribution is -0.145. The van der Waals surface area contributed by atoms with Crippen molar-refractivity contribution in [3.8, 4) is 28.3 Å². The van der Waals surface area contributed by atoms with Gasteiger partial charge in [0.15, 0.2) is 16.7 Å². The van der Waals surface area contributed by atoms with E-state index in [-0.39, 0.29) is 46.8 Å². The molecule has 0 spiro atoms. The first-order chi connectivity index (χ1) is 18.2. The molecular weight excluding hydrogens is 505 g/mol. The number of hydrogen-bond acceptors (Lipinski definition) is 6. The van der Waals surface area contributed by atoms with Gasteiger partial charge in [0, 0.05) is 5.92 Å². The van der Waals surface area contributed by atoms with Crippen molar-refractivity contribution in [2.24, 2.45) is 5.92 Å². The highest BCUT2D eigenvalue weighted by molar-refractivity contribution is 5.84. The highest BCUT2D eigenvalue weighted by Gasteiger charge is 2.42. The van der Waals surface area contributed by atoms with Crippen molar-refractivity contribution in [3.05, 3.63) is 70.3 Å². The molecule has 194 valence electrons. The third kappa shape index (κ3) is 3.63. The number of halogens is 3. The molecule has 2 aromatic carbocycles. The number of aliphatic carboxylic acids is 1. The van der Waals surface area contributed by atoms with Crippen molar-refractivity contribution >= 4 is 22.7 Å². The smallest absolute Gasteiger partial charge is 0.433 e. The molecule has 5 aromatic rings. The van der Waals surface area contributed by atoms with E-state index in [1.807, 2.05) is 0 Å². The zero-order valence-corrected chi connectivity index (χ0v) is 19.7. The van der Waals surface area contributed by atoms with Crippen LogP contribution in [0, 0.1) is 5.92 Å². The number of H-pyrrole nitrogens is 1. The molecule has 1 aliphatic rings. The Hall–Kier alpha value is -4.61. The summed E-state index contributed by atoms with van der Waals surface area (Å²) in [5.74, 6) is -1.89. The SMILES string of the molecule is COc1cccc2oc(-c3c(C4CC(C(=O)O)C4)nc4c(-c5ccccc5)c(C(F)(F)F)[nH]n4c3=O)nc12. The van der Waals surface area contributed by atoms with E-state index in [9.17, 15) is 27.9 Å². The number of hydrogen-bond donors (Lipinski definition) is 2. The van der Waals surface area contributed by atoms with Crippen molar-refractivity contribution in [2.45, 2.75) is 24.9 Å². The lowest BCUT2D eigenvalue weighted by Gasteiger charge is -2.32. The van der Waals surface area contributed by atoms with Gasteiger partial charge in [-0.05, 0) is 30.5 Å². The molecule has 0 amide bonds. The zero-order chi connectivity index (χ0) is 26.8. The van der Waals surface area contributed by atoms with Gasteiger partial charge in [-0.25, -0.2) is 9.97 Å². The van der Waals surface area contributed by atoms with Crippen molar-refractivity contribution in [1.29, 1.82) is 0 Å². The Balaban J connectivity index is 1.66. The van der Waals surface area contributed by atoms with Crippen LogP contribution in [0.3, 0.4) is 0 Å². The number of fused-ring (bicyclic) bond motifs is 2. The van der Waals surface area contributed by atoms with Gasteiger partial charge in [0.05, 0.1) is 24.3 Å². The maximum absolute atomic E-state index is 14.1. The summed E-state index contributed by atoms with van der Waals surface area (Å²) in [5, 5.41) is 11.6. The summed E-state index contributed by atoms with van der Waals surface area (Å²) in [6, 6.07) is 12.8. The number of para-hydroxylation sites is 1. The van der Waals surface area contributed by atoms with Crippen LogP contribution in [-0.4, -0.2) is 37.8 Å². The Labute approximate surface area is 211 Å². The number of carboxylic acid groups (broad SMARTS) is 1. The van der Waals surface area contributed by atoms with Crippen molar-refractivity contribution in [1.82, 2.24) is 19.6 Å². The number of nitrogens with zero attached hydrogens (tertiary/aromatic N) is 3. The standard InChI is InChI=1S/C26H19F3N4O5/c1-37-15-8-5-9-16-20(15)31-23(38-16)18-19(13-10-14(11-13)25(35)36)30-22-17(12-6-3-2-4-7-12)21(26(27,28)29)32-33(22)24(18)34/h2-9,13-14,32H,10-11H2,1H3,(H,35,36). The molecule has 9 nitrogen and oxygen atoms in total. The molecule has 0 aliphatic heterocycles. The maximum Gasteiger partial charge on any atom is 0.433 e. The molecule has 0 saturated heterocycles. The van der Waals surface area contributed by atoms with Crippen LogP contribution in [-0.2, 0) is 11.0 Å². The van der Waals surface area contributed by atoms with Gasteiger partial charge in [0.1, 0.15) is 17.0 Å². The fourth-order valence-corrected chi connectivity index (χ4v) is 4.91. The fraction of sp³-hybridized carbons (Fsp3) is 0.231.